The van der Waals surface area contributed by atoms with E-state index in [-0.39, 0.29) is 24.3 Å². The minimum absolute atomic E-state index is 0.00260. The fraction of sp³-hybridized carbons (Fsp3) is 0.300. The highest BCUT2D eigenvalue weighted by Crippen LogP contribution is 2.18. The third-order valence-corrected chi connectivity index (χ3v) is 5.41. The summed E-state index contributed by atoms with van der Waals surface area (Å²) >= 11 is 2.85. The van der Waals surface area contributed by atoms with Crippen LogP contribution in [0, 0.1) is 0 Å². The second kappa shape index (κ2) is 10.1. The van der Waals surface area contributed by atoms with Gasteiger partial charge >= 0.3 is 0 Å². The quantitative estimate of drug-likeness (QED) is 0.543. The number of thiazole rings is 1. The highest BCUT2D eigenvalue weighted by Gasteiger charge is 2.12. The van der Waals surface area contributed by atoms with Gasteiger partial charge in [-0.15, -0.1) is 22.7 Å². The molecule has 0 atom stereocenters. The first-order chi connectivity index (χ1) is 14.0. The Balaban J connectivity index is 1.48. The fourth-order valence-electron chi connectivity index (χ4n) is 2.49. The zero-order valence-electron chi connectivity index (χ0n) is 16.2. The van der Waals surface area contributed by atoms with Crippen LogP contribution in [-0.2, 0) is 29.0 Å². The topological polar surface area (TPSA) is 93.2 Å². The molecule has 0 bridgehead atoms. The largest absolute Gasteiger partial charge is 0.475 e. The molecule has 3 aromatic rings. The zero-order valence-corrected chi connectivity index (χ0v) is 17.8. The van der Waals surface area contributed by atoms with Crippen LogP contribution in [0.25, 0.3) is 0 Å². The number of carbonyl (C=O) groups excluding carboxylic acids is 2. The second-order valence-corrected chi connectivity index (χ2v) is 8.43. The molecule has 7 nitrogen and oxygen atoms in total. The summed E-state index contributed by atoms with van der Waals surface area (Å²) in [6.07, 6.45) is 2.12. The van der Waals surface area contributed by atoms with Crippen molar-refractivity contribution in [2.24, 2.45) is 0 Å². The number of thiophene rings is 1. The van der Waals surface area contributed by atoms with Gasteiger partial charge in [-0.3, -0.25) is 9.59 Å². The lowest BCUT2D eigenvalue weighted by atomic mass is 10.2. The predicted molar refractivity (Wildman–Crippen MR) is 114 cm³/mol. The molecule has 0 aromatic carbocycles. The molecule has 3 rings (SSSR count). The van der Waals surface area contributed by atoms with Gasteiger partial charge in [0.25, 0.3) is 0 Å². The lowest BCUT2D eigenvalue weighted by Gasteiger charge is -2.13. The number of hydrogen-bond acceptors (Lipinski definition) is 7. The molecule has 152 valence electrons. The number of carbonyl (C=O) groups is 2. The average molecular weight is 431 g/mol. The van der Waals surface area contributed by atoms with Crippen molar-refractivity contribution in [2.45, 2.75) is 39.3 Å². The Bertz CT molecular complexity index is 954. The molecule has 0 aliphatic heterocycles. The van der Waals surface area contributed by atoms with Gasteiger partial charge in [0.1, 0.15) is 0 Å². The van der Waals surface area contributed by atoms with Crippen LogP contribution in [0.1, 0.15) is 30.0 Å². The maximum atomic E-state index is 12.3. The van der Waals surface area contributed by atoms with Crippen LogP contribution in [0.2, 0.25) is 0 Å². The van der Waals surface area contributed by atoms with Gasteiger partial charge in [-0.2, -0.15) is 0 Å². The molecule has 3 heterocycles. The summed E-state index contributed by atoms with van der Waals surface area (Å²) in [5.74, 6) is 0.241. The average Bonchev–Trinajstić information content (AvgIpc) is 3.32. The molecule has 2 amide bonds. The molecule has 0 spiro atoms. The molecule has 0 fully saturated rings. The molecule has 2 N–H and O–H groups in total. The summed E-state index contributed by atoms with van der Waals surface area (Å²) in [5, 5.41) is 9.84. The third kappa shape index (κ3) is 6.65. The number of nitrogens with one attached hydrogen (secondary N) is 2. The molecule has 0 radical (unpaired) electrons. The van der Waals surface area contributed by atoms with Gasteiger partial charge in [0.15, 0.2) is 5.13 Å². The summed E-state index contributed by atoms with van der Waals surface area (Å²) < 4.78 is 5.66. The van der Waals surface area contributed by atoms with Crippen LogP contribution >= 0.6 is 22.7 Å². The highest BCUT2D eigenvalue weighted by molar-refractivity contribution is 7.14. The Morgan fingerprint density at radius 3 is 2.76 bits per heavy atom. The van der Waals surface area contributed by atoms with E-state index in [0.29, 0.717) is 29.7 Å². The minimum Gasteiger partial charge on any atom is -0.475 e. The molecule has 0 saturated carbocycles. The first-order valence-corrected chi connectivity index (χ1v) is 10.9. The van der Waals surface area contributed by atoms with Crippen molar-refractivity contribution >= 4 is 39.6 Å². The molecule has 29 heavy (non-hydrogen) atoms. The standard InChI is InChI=1S/C20H22N4O3S2/c1-13(2)27-19-14(5-3-7-21-19)11-22-17(25)9-15-12-29-20(23-15)24-18(26)10-16-6-4-8-28-16/h3-8,12-13H,9-11H2,1-2H3,(H,22,25)(H,23,24,26). The molecule has 3 aromatic heterocycles. The van der Waals surface area contributed by atoms with Gasteiger partial charge in [0.2, 0.25) is 17.7 Å². The maximum absolute atomic E-state index is 12.3. The van der Waals surface area contributed by atoms with Gasteiger partial charge in [-0.1, -0.05) is 12.1 Å². The molecular formula is C20H22N4O3S2. The predicted octanol–water partition coefficient (Wildman–Crippen LogP) is 3.43. The fourth-order valence-corrected chi connectivity index (χ4v) is 3.92. The number of nitrogens with zero attached hydrogens (tertiary/aromatic N) is 2. The number of rotatable bonds is 9. The first-order valence-electron chi connectivity index (χ1n) is 9.13. The monoisotopic (exact) mass is 430 g/mol. The van der Waals surface area contributed by atoms with Gasteiger partial charge in [-0.05, 0) is 31.4 Å². The second-order valence-electron chi connectivity index (χ2n) is 6.54. The van der Waals surface area contributed by atoms with Crippen LogP contribution in [0.3, 0.4) is 0 Å². The smallest absolute Gasteiger partial charge is 0.231 e. The number of hydrogen-bond donors (Lipinski definition) is 2. The van der Waals surface area contributed by atoms with Gasteiger partial charge in [0, 0.05) is 28.6 Å². The summed E-state index contributed by atoms with van der Waals surface area (Å²) in [4.78, 5) is 33.8. The van der Waals surface area contributed by atoms with Crippen molar-refractivity contribution < 1.29 is 14.3 Å². The molecular weight excluding hydrogens is 408 g/mol. The Morgan fingerprint density at radius 2 is 2.00 bits per heavy atom. The molecule has 0 aliphatic carbocycles. The lowest BCUT2D eigenvalue weighted by Crippen LogP contribution is -2.25. The highest BCUT2D eigenvalue weighted by atomic mass is 32.1. The van der Waals surface area contributed by atoms with E-state index in [0.717, 1.165) is 10.4 Å². The maximum Gasteiger partial charge on any atom is 0.231 e. The van der Waals surface area contributed by atoms with Crippen molar-refractivity contribution in [3.63, 3.8) is 0 Å². The third-order valence-electron chi connectivity index (χ3n) is 3.73. The Labute approximate surface area is 177 Å². The van der Waals surface area contributed by atoms with Gasteiger partial charge < -0.3 is 15.4 Å². The van der Waals surface area contributed by atoms with Crippen LogP contribution < -0.4 is 15.4 Å². The minimum atomic E-state index is -0.161. The number of anilines is 1. The summed E-state index contributed by atoms with van der Waals surface area (Å²) in [5.41, 5.74) is 1.43. The van der Waals surface area contributed by atoms with E-state index in [1.54, 1.807) is 17.6 Å². The van der Waals surface area contributed by atoms with Crippen LogP contribution in [-0.4, -0.2) is 27.9 Å². The van der Waals surface area contributed by atoms with Crippen molar-refractivity contribution in [1.29, 1.82) is 0 Å². The van der Waals surface area contributed by atoms with Gasteiger partial charge in [-0.25, -0.2) is 9.97 Å². The number of aromatic nitrogens is 2. The van der Waals surface area contributed by atoms with E-state index in [2.05, 4.69) is 20.6 Å². The molecule has 0 unspecified atom stereocenters. The van der Waals surface area contributed by atoms with E-state index >= 15 is 0 Å². The molecule has 9 heteroatoms. The Kier molecular flexibility index (Phi) is 7.31. The number of pyridine rings is 1. The molecule has 0 aliphatic rings. The van der Waals surface area contributed by atoms with E-state index in [1.807, 2.05) is 37.4 Å². The van der Waals surface area contributed by atoms with Crippen molar-refractivity contribution in [1.82, 2.24) is 15.3 Å². The summed E-state index contributed by atoms with van der Waals surface area (Å²) in [7, 11) is 0. The van der Waals surface area contributed by atoms with E-state index in [1.165, 1.54) is 22.7 Å². The van der Waals surface area contributed by atoms with Gasteiger partial charge in [0.05, 0.1) is 24.6 Å². The van der Waals surface area contributed by atoms with Crippen LogP contribution in [0.4, 0.5) is 5.13 Å². The van der Waals surface area contributed by atoms with E-state index < -0.39 is 0 Å². The van der Waals surface area contributed by atoms with Crippen molar-refractivity contribution in [3.8, 4) is 5.88 Å². The van der Waals surface area contributed by atoms with Crippen molar-refractivity contribution in [3.05, 3.63) is 57.4 Å². The number of ether oxygens (including phenoxy) is 1. The first kappa shape index (κ1) is 20.9. The summed E-state index contributed by atoms with van der Waals surface area (Å²) in [6.45, 7) is 4.18. The van der Waals surface area contributed by atoms with Crippen LogP contribution in [0.5, 0.6) is 5.88 Å². The molecule has 0 saturated heterocycles. The summed E-state index contributed by atoms with van der Waals surface area (Å²) in [6, 6.07) is 7.51. The number of amides is 2. The Hall–Kier alpha value is -2.78. The lowest BCUT2D eigenvalue weighted by molar-refractivity contribution is -0.120. The van der Waals surface area contributed by atoms with E-state index in [4.69, 9.17) is 4.74 Å². The SMILES string of the molecule is CC(C)Oc1ncccc1CNC(=O)Cc1csc(NC(=O)Cc2cccs2)n1. The zero-order chi connectivity index (χ0) is 20.6. The van der Waals surface area contributed by atoms with Crippen LogP contribution in [0.15, 0.2) is 41.2 Å². The Morgan fingerprint density at radius 1 is 1.14 bits per heavy atom. The van der Waals surface area contributed by atoms with E-state index in [9.17, 15) is 9.59 Å². The normalized spacial score (nSPS) is 10.7. The van der Waals surface area contributed by atoms with Crippen molar-refractivity contribution in [2.75, 3.05) is 5.32 Å².